The van der Waals surface area contributed by atoms with E-state index in [0.717, 1.165) is 18.2 Å². The van der Waals surface area contributed by atoms with Crippen LogP contribution in [-0.2, 0) is 6.54 Å². The number of hydrogen-bond acceptors (Lipinski definition) is 2. The molecule has 3 heteroatoms. The fraction of sp³-hybridized carbons (Fsp3) is 0.250. The third-order valence-corrected chi connectivity index (χ3v) is 4.74. The van der Waals surface area contributed by atoms with Crippen molar-refractivity contribution in [2.75, 3.05) is 0 Å². The van der Waals surface area contributed by atoms with Gasteiger partial charge in [0.15, 0.2) is 0 Å². The molecule has 4 rings (SSSR count). The van der Waals surface area contributed by atoms with Gasteiger partial charge in [0, 0.05) is 30.7 Å². The number of hydrogen-bond donors (Lipinski definition) is 1. The Balaban J connectivity index is 1.28. The lowest BCUT2D eigenvalue weighted by molar-refractivity contribution is 0.289. The molecular formula is C20H21N3. The Morgan fingerprint density at radius 3 is 2.48 bits per heavy atom. The van der Waals surface area contributed by atoms with Gasteiger partial charge in [-0.15, -0.1) is 0 Å². The molecule has 0 atom stereocenters. The van der Waals surface area contributed by atoms with Crippen LogP contribution in [0, 0.1) is 0 Å². The van der Waals surface area contributed by atoms with E-state index in [4.69, 9.17) is 0 Å². The van der Waals surface area contributed by atoms with Crippen molar-refractivity contribution in [1.82, 2.24) is 14.9 Å². The van der Waals surface area contributed by atoms with Crippen molar-refractivity contribution in [2.45, 2.75) is 31.3 Å². The minimum atomic E-state index is 0.647. The zero-order chi connectivity index (χ0) is 15.5. The summed E-state index contributed by atoms with van der Waals surface area (Å²) in [6.07, 6.45) is 8.08. The van der Waals surface area contributed by atoms with Crippen LogP contribution in [0.15, 0.2) is 73.3 Å². The van der Waals surface area contributed by atoms with Gasteiger partial charge in [0.1, 0.15) is 0 Å². The molecule has 0 bridgehead atoms. The van der Waals surface area contributed by atoms with Crippen molar-refractivity contribution in [2.24, 2.45) is 0 Å². The van der Waals surface area contributed by atoms with Gasteiger partial charge in [0.05, 0.1) is 6.33 Å². The maximum absolute atomic E-state index is 4.08. The molecule has 3 nitrogen and oxygen atoms in total. The summed E-state index contributed by atoms with van der Waals surface area (Å²) in [5, 5.41) is 3.67. The second-order valence-corrected chi connectivity index (χ2v) is 6.29. The molecular weight excluding hydrogens is 282 g/mol. The van der Waals surface area contributed by atoms with Gasteiger partial charge < -0.3 is 9.88 Å². The lowest BCUT2D eigenvalue weighted by atomic mass is 9.76. The third kappa shape index (κ3) is 3.20. The molecule has 1 aliphatic rings. The van der Waals surface area contributed by atoms with Crippen LogP contribution in [0.1, 0.15) is 29.9 Å². The molecule has 1 N–H and O–H groups in total. The fourth-order valence-corrected chi connectivity index (χ4v) is 3.24. The first kappa shape index (κ1) is 14.2. The highest BCUT2D eigenvalue weighted by molar-refractivity contribution is 5.34. The molecule has 23 heavy (non-hydrogen) atoms. The second-order valence-electron chi connectivity index (χ2n) is 6.29. The Kier molecular flexibility index (Phi) is 3.95. The minimum absolute atomic E-state index is 0.647. The van der Waals surface area contributed by atoms with Crippen molar-refractivity contribution >= 4 is 0 Å². The number of aromatic nitrogens is 2. The van der Waals surface area contributed by atoms with E-state index in [1.165, 1.54) is 24.0 Å². The molecule has 0 radical (unpaired) electrons. The lowest BCUT2D eigenvalue weighted by Crippen LogP contribution is -2.39. The zero-order valence-electron chi connectivity index (χ0n) is 13.1. The summed E-state index contributed by atoms with van der Waals surface area (Å²) in [6.45, 7) is 0.941. The normalized spacial score (nSPS) is 20.2. The Hall–Kier alpha value is -2.39. The van der Waals surface area contributed by atoms with Crippen LogP contribution in [0.2, 0.25) is 0 Å². The highest BCUT2D eigenvalue weighted by Gasteiger charge is 2.29. The highest BCUT2D eigenvalue weighted by atomic mass is 15.0. The van der Waals surface area contributed by atoms with Gasteiger partial charge in [-0.3, -0.25) is 0 Å². The van der Waals surface area contributed by atoms with Gasteiger partial charge in [-0.05, 0) is 42.0 Å². The van der Waals surface area contributed by atoms with Crippen LogP contribution in [0.4, 0.5) is 0 Å². The van der Waals surface area contributed by atoms with Crippen molar-refractivity contribution in [3.8, 4) is 5.69 Å². The summed E-state index contributed by atoms with van der Waals surface area (Å²) in [4.78, 5) is 4.08. The van der Waals surface area contributed by atoms with Crippen LogP contribution in [-0.4, -0.2) is 15.6 Å². The number of nitrogens with zero attached hydrogens (tertiary/aromatic N) is 2. The molecule has 1 aromatic heterocycles. The lowest BCUT2D eigenvalue weighted by Gasteiger charge is -2.36. The molecule has 1 aliphatic carbocycles. The quantitative estimate of drug-likeness (QED) is 0.774. The fourth-order valence-electron chi connectivity index (χ4n) is 3.24. The predicted molar refractivity (Wildman–Crippen MR) is 92.6 cm³/mol. The molecule has 2 aromatic carbocycles. The van der Waals surface area contributed by atoms with Crippen molar-refractivity contribution < 1.29 is 0 Å². The third-order valence-electron chi connectivity index (χ3n) is 4.74. The van der Waals surface area contributed by atoms with Gasteiger partial charge in [0.25, 0.3) is 0 Å². The second kappa shape index (κ2) is 6.39. The number of imidazole rings is 1. The Labute approximate surface area is 137 Å². The predicted octanol–water partition coefficient (Wildman–Crippen LogP) is 3.91. The van der Waals surface area contributed by atoms with Gasteiger partial charge >= 0.3 is 0 Å². The largest absolute Gasteiger partial charge is 0.310 e. The summed E-state index contributed by atoms with van der Waals surface area (Å²) >= 11 is 0. The van der Waals surface area contributed by atoms with E-state index in [1.807, 2.05) is 17.1 Å². The zero-order valence-corrected chi connectivity index (χ0v) is 13.1. The summed E-state index contributed by atoms with van der Waals surface area (Å²) in [6, 6.07) is 20.2. The minimum Gasteiger partial charge on any atom is -0.310 e. The number of nitrogens with one attached hydrogen (secondary N) is 1. The molecule has 1 saturated carbocycles. The van der Waals surface area contributed by atoms with Crippen LogP contribution in [0.25, 0.3) is 5.69 Å². The first-order chi connectivity index (χ1) is 11.4. The van der Waals surface area contributed by atoms with E-state index in [1.54, 1.807) is 6.20 Å². The molecule has 0 spiro atoms. The smallest absolute Gasteiger partial charge is 0.0991 e. The number of benzene rings is 2. The summed E-state index contributed by atoms with van der Waals surface area (Å²) in [5.41, 5.74) is 3.96. The Morgan fingerprint density at radius 2 is 1.78 bits per heavy atom. The van der Waals surface area contributed by atoms with E-state index in [2.05, 4.69) is 64.9 Å². The summed E-state index contributed by atoms with van der Waals surface area (Å²) in [7, 11) is 0. The average molecular weight is 303 g/mol. The molecule has 1 fully saturated rings. The van der Waals surface area contributed by atoms with Crippen LogP contribution in [0.5, 0.6) is 0 Å². The number of rotatable bonds is 5. The summed E-state index contributed by atoms with van der Waals surface area (Å²) < 4.78 is 2.02. The van der Waals surface area contributed by atoms with E-state index >= 15 is 0 Å². The van der Waals surface area contributed by atoms with E-state index in [9.17, 15) is 0 Å². The maximum atomic E-state index is 4.08. The van der Waals surface area contributed by atoms with Gasteiger partial charge in [-0.25, -0.2) is 4.98 Å². The molecule has 3 aromatic rings. The standard InChI is InChI=1S/C20H21N3/c1-2-4-17(5-3-1)18-12-19(13-18)22-14-16-6-8-20(9-7-16)23-11-10-21-15-23/h1-11,15,18-19,22H,12-14H2. The van der Waals surface area contributed by atoms with Gasteiger partial charge in [-0.1, -0.05) is 42.5 Å². The van der Waals surface area contributed by atoms with E-state index in [-0.39, 0.29) is 0 Å². The van der Waals surface area contributed by atoms with Crippen LogP contribution in [0.3, 0.4) is 0 Å². The first-order valence-corrected chi connectivity index (χ1v) is 8.24. The maximum Gasteiger partial charge on any atom is 0.0991 e. The van der Waals surface area contributed by atoms with Gasteiger partial charge in [0.2, 0.25) is 0 Å². The van der Waals surface area contributed by atoms with E-state index in [0.29, 0.717) is 6.04 Å². The first-order valence-electron chi connectivity index (χ1n) is 8.24. The van der Waals surface area contributed by atoms with Crippen molar-refractivity contribution in [3.63, 3.8) is 0 Å². The SMILES string of the molecule is c1ccc(C2CC(NCc3ccc(-n4ccnc4)cc3)C2)cc1. The Bertz CT molecular complexity index is 726. The highest BCUT2D eigenvalue weighted by Crippen LogP contribution is 2.36. The molecule has 0 aliphatic heterocycles. The van der Waals surface area contributed by atoms with Crippen LogP contribution >= 0.6 is 0 Å². The summed E-state index contributed by atoms with van der Waals surface area (Å²) in [5.74, 6) is 0.734. The molecule has 0 unspecified atom stereocenters. The van der Waals surface area contributed by atoms with Crippen molar-refractivity contribution in [1.29, 1.82) is 0 Å². The van der Waals surface area contributed by atoms with E-state index < -0.39 is 0 Å². The van der Waals surface area contributed by atoms with Crippen molar-refractivity contribution in [3.05, 3.63) is 84.4 Å². The Morgan fingerprint density at radius 1 is 1.00 bits per heavy atom. The molecule has 0 amide bonds. The molecule has 1 heterocycles. The average Bonchev–Trinajstić information content (AvgIpc) is 3.09. The molecule has 116 valence electrons. The van der Waals surface area contributed by atoms with Gasteiger partial charge in [-0.2, -0.15) is 0 Å². The molecule has 0 saturated heterocycles. The topological polar surface area (TPSA) is 29.9 Å². The van der Waals surface area contributed by atoms with Crippen LogP contribution < -0.4 is 5.32 Å². The monoisotopic (exact) mass is 303 g/mol.